The Bertz CT molecular complexity index is 580. The van der Waals surface area contributed by atoms with Gasteiger partial charge in [0.2, 0.25) is 10.0 Å². The number of nitrogens with two attached hydrogens (primary N) is 1. The summed E-state index contributed by atoms with van der Waals surface area (Å²) in [5, 5.41) is 0.00407. The third-order valence-electron chi connectivity index (χ3n) is 3.01. The zero-order valence-corrected chi connectivity index (χ0v) is 14.6. The van der Waals surface area contributed by atoms with Crippen LogP contribution in [0.5, 0.6) is 0 Å². The molecule has 0 amide bonds. The van der Waals surface area contributed by atoms with E-state index >= 15 is 0 Å². The summed E-state index contributed by atoms with van der Waals surface area (Å²) in [7, 11) is -2.20. The second-order valence-electron chi connectivity index (χ2n) is 5.55. The van der Waals surface area contributed by atoms with Gasteiger partial charge in [0.05, 0.1) is 10.0 Å². The Morgan fingerprint density at radius 3 is 2.29 bits per heavy atom. The van der Waals surface area contributed by atoms with E-state index in [2.05, 4.69) is 4.72 Å². The molecule has 8 heteroatoms. The Hall–Kier alpha value is -0.530. The van der Waals surface area contributed by atoms with E-state index in [4.69, 9.17) is 33.7 Å². The average molecular weight is 355 g/mol. The molecule has 0 aliphatic carbocycles. The molecule has 120 valence electrons. The first-order valence-corrected chi connectivity index (χ1v) is 8.56. The van der Waals surface area contributed by atoms with Crippen LogP contribution in [0.1, 0.15) is 20.3 Å². The molecule has 0 aliphatic heterocycles. The SMILES string of the molecule is COCCC(C)(C)CNS(=O)(=O)c1c(Cl)cc(N)cc1Cl. The Morgan fingerprint density at radius 1 is 1.29 bits per heavy atom. The second kappa shape index (κ2) is 7.15. The number of hydrogen-bond donors (Lipinski definition) is 2. The third kappa shape index (κ3) is 5.30. The van der Waals surface area contributed by atoms with Crippen LogP contribution in [0, 0.1) is 5.41 Å². The molecule has 1 aromatic rings. The van der Waals surface area contributed by atoms with Crippen molar-refractivity contribution in [2.75, 3.05) is 26.0 Å². The van der Waals surface area contributed by atoms with E-state index in [1.54, 1.807) is 7.11 Å². The lowest BCUT2D eigenvalue weighted by Gasteiger charge is -2.24. The van der Waals surface area contributed by atoms with Crippen LogP contribution in [0.15, 0.2) is 17.0 Å². The van der Waals surface area contributed by atoms with Gasteiger partial charge in [0.1, 0.15) is 4.90 Å². The van der Waals surface area contributed by atoms with Gasteiger partial charge in [-0.3, -0.25) is 0 Å². The van der Waals surface area contributed by atoms with Gasteiger partial charge in [0.25, 0.3) is 0 Å². The van der Waals surface area contributed by atoms with Gasteiger partial charge in [-0.1, -0.05) is 37.0 Å². The smallest absolute Gasteiger partial charge is 0.243 e. The van der Waals surface area contributed by atoms with Gasteiger partial charge in [0.15, 0.2) is 0 Å². The average Bonchev–Trinajstić information content (AvgIpc) is 2.33. The number of anilines is 1. The van der Waals surface area contributed by atoms with Gasteiger partial charge in [0, 0.05) is 25.9 Å². The Kier molecular flexibility index (Phi) is 6.31. The summed E-state index contributed by atoms with van der Waals surface area (Å²) in [6.45, 7) is 4.69. The summed E-state index contributed by atoms with van der Waals surface area (Å²) in [4.78, 5) is -0.150. The number of ether oxygens (including phenoxy) is 1. The normalized spacial score (nSPS) is 12.6. The number of methoxy groups -OCH3 is 1. The van der Waals surface area contributed by atoms with Crippen molar-refractivity contribution >= 4 is 38.9 Å². The lowest BCUT2D eigenvalue weighted by molar-refractivity contribution is 0.153. The van der Waals surface area contributed by atoms with Gasteiger partial charge in [-0.25, -0.2) is 13.1 Å². The summed E-state index contributed by atoms with van der Waals surface area (Å²) in [5.74, 6) is 0. The van der Waals surface area contributed by atoms with E-state index in [1.165, 1.54) is 12.1 Å². The van der Waals surface area contributed by atoms with Gasteiger partial charge >= 0.3 is 0 Å². The Morgan fingerprint density at radius 2 is 1.81 bits per heavy atom. The molecule has 0 atom stereocenters. The highest BCUT2D eigenvalue weighted by molar-refractivity contribution is 7.89. The highest BCUT2D eigenvalue weighted by Crippen LogP contribution is 2.32. The molecule has 0 unspecified atom stereocenters. The lowest BCUT2D eigenvalue weighted by Crippen LogP contribution is -2.35. The second-order valence-corrected chi connectivity index (χ2v) is 8.06. The van der Waals surface area contributed by atoms with E-state index < -0.39 is 10.0 Å². The summed E-state index contributed by atoms with van der Waals surface area (Å²) < 4.78 is 32.3. The number of nitrogen functional groups attached to an aromatic ring is 1. The molecule has 0 heterocycles. The minimum atomic E-state index is -3.81. The van der Waals surface area contributed by atoms with Crippen LogP contribution in [0.2, 0.25) is 10.0 Å². The molecular weight excluding hydrogens is 335 g/mol. The van der Waals surface area contributed by atoms with Crippen molar-refractivity contribution in [1.29, 1.82) is 0 Å². The molecule has 1 rings (SSSR count). The third-order valence-corrected chi connectivity index (χ3v) is 5.33. The fraction of sp³-hybridized carbons (Fsp3) is 0.538. The van der Waals surface area contributed by atoms with Gasteiger partial charge < -0.3 is 10.5 Å². The maximum Gasteiger partial charge on any atom is 0.243 e. The van der Waals surface area contributed by atoms with Gasteiger partial charge in [-0.05, 0) is 24.0 Å². The molecule has 0 bridgehead atoms. The number of hydrogen-bond acceptors (Lipinski definition) is 4. The molecule has 0 saturated carbocycles. The number of nitrogens with one attached hydrogen (secondary N) is 1. The van der Waals surface area contributed by atoms with E-state index in [0.29, 0.717) is 12.3 Å². The van der Waals surface area contributed by atoms with Crippen LogP contribution >= 0.6 is 23.2 Å². The first-order chi connectivity index (χ1) is 9.59. The molecular formula is C13H20Cl2N2O3S. The maximum absolute atomic E-state index is 12.4. The Labute approximate surface area is 135 Å². The molecule has 3 N–H and O–H groups in total. The molecule has 0 radical (unpaired) electrons. The van der Waals surface area contributed by atoms with Crippen molar-refractivity contribution in [1.82, 2.24) is 4.72 Å². The zero-order valence-electron chi connectivity index (χ0n) is 12.2. The van der Waals surface area contributed by atoms with Crippen LogP contribution in [0.4, 0.5) is 5.69 Å². The number of halogens is 2. The predicted molar refractivity (Wildman–Crippen MR) is 86.3 cm³/mol. The number of sulfonamides is 1. The van der Waals surface area contributed by atoms with Gasteiger partial charge in [-0.15, -0.1) is 0 Å². The zero-order chi connectivity index (χ0) is 16.3. The van der Waals surface area contributed by atoms with Crippen LogP contribution in [-0.2, 0) is 14.8 Å². The molecule has 21 heavy (non-hydrogen) atoms. The molecule has 0 fully saturated rings. The molecule has 0 aromatic heterocycles. The molecule has 1 aromatic carbocycles. The van der Waals surface area contributed by atoms with Crippen LogP contribution in [0.3, 0.4) is 0 Å². The topological polar surface area (TPSA) is 81.4 Å². The van der Waals surface area contributed by atoms with Crippen molar-refractivity contribution < 1.29 is 13.2 Å². The van der Waals surface area contributed by atoms with Crippen LogP contribution in [0.25, 0.3) is 0 Å². The fourth-order valence-corrected chi connectivity index (χ4v) is 4.14. The van der Waals surface area contributed by atoms with Crippen molar-refractivity contribution in [3.05, 3.63) is 22.2 Å². The minimum Gasteiger partial charge on any atom is -0.399 e. The van der Waals surface area contributed by atoms with E-state index in [1.807, 2.05) is 13.8 Å². The Balaban J connectivity index is 2.93. The monoisotopic (exact) mass is 354 g/mol. The van der Waals surface area contributed by atoms with E-state index in [0.717, 1.165) is 6.42 Å². The van der Waals surface area contributed by atoms with E-state index in [9.17, 15) is 8.42 Å². The number of rotatable bonds is 7. The summed E-state index contributed by atoms with van der Waals surface area (Å²) in [6, 6.07) is 2.72. The summed E-state index contributed by atoms with van der Waals surface area (Å²) >= 11 is 11.9. The van der Waals surface area contributed by atoms with E-state index in [-0.39, 0.29) is 26.9 Å². The van der Waals surface area contributed by atoms with Crippen molar-refractivity contribution in [3.63, 3.8) is 0 Å². The lowest BCUT2D eigenvalue weighted by atomic mass is 9.90. The fourth-order valence-electron chi connectivity index (χ4n) is 1.67. The first-order valence-electron chi connectivity index (χ1n) is 6.32. The predicted octanol–water partition coefficient (Wildman–Crippen LogP) is 2.92. The highest BCUT2D eigenvalue weighted by Gasteiger charge is 2.26. The van der Waals surface area contributed by atoms with Crippen LogP contribution in [-0.4, -0.2) is 28.7 Å². The van der Waals surface area contributed by atoms with Gasteiger partial charge in [-0.2, -0.15) is 0 Å². The summed E-state index contributed by atoms with van der Waals surface area (Å²) in [5.41, 5.74) is 5.63. The van der Waals surface area contributed by atoms with Crippen LogP contribution < -0.4 is 10.5 Å². The van der Waals surface area contributed by atoms with Crippen molar-refractivity contribution in [2.24, 2.45) is 5.41 Å². The quantitative estimate of drug-likeness (QED) is 0.737. The number of benzene rings is 1. The molecule has 5 nitrogen and oxygen atoms in total. The standard InChI is InChI=1S/C13H20Cl2N2O3S/c1-13(2,4-5-20-3)8-17-21(18,19)12-10(14)6-9(16)7-11(12)15/h6-7,17H,4-5,8,16H2,1-3H3. The molecule has 0 aliphatic rings. The van der Waals surface area contributed by atoms with Crippen molar-refractivity contribution in [2.45, 2.75) is 25.2 Å². The maximum atomic E-state index is 12.4. The molecule has 0 saturated heterocycles. The summed E-state index contributed by atoms with van der Waals surface area (Å²) in [6.07, 6.45) is 0.717. The highest BCUT2D eigenvalue weighted by atomic mass is 35.5. The first kappa shape index (κ1) is 18.5. The largest absolute Gasteiger partial charge is 0.399 e. The van der Waals surface area contributed by atoms with Crippen molar-refractivity contribution in [3.8, 4) is 0 Å². The minimum absolute atomic E-state index is 0.00203. The molecule has 0 spiro atoms.